The predicted octanol–water partition coefficient (Wildman–Crippen LogP) is 4.58. The fourth-order valence-corrected chi connectivity index (χ4v) is 4.64. The summed E-state index contributed by atoms with van der Waals surface area (Å²) in [5, 5.41) is 2.70. The summed E-state index contributed by atoms with van der Waals surface area (Å²) in [5.74, 6) is 0.405. The third-order valence-corrected chi connectivity index (χ3v) is 6.37. The summed E-state index contributed by atoms with van der Waals surface area (Å²) in [6, 6.07) is 9.07. The second-order valence-corrected chi connectivity index (χ2v) is 9.02. The van der Waals surface area contributed by atoms with Gasteiger partial charge in [-0.25, -0.2) is 0 Å². The van der Waals surface area contributed by atoms with Crippen molar-refractivity contribution in [3.8, 4) is 5.75 Å². The molecule has 1 aromatic heterocycles. The summed E-state index contributed by atoms with van der Waals surface area (Å²) in [7, 11) is 0. The van der Waals surface area contributed by atoms with E-state index in [0.717, 1.165) is 12.0 Å². The van der Waals surface area contributed by atoms with Crippen molar-refractivity contribution in [2.24, 2.45) is 5.92 Å². The van der Waals surface area contributed by atoms with Crippen LogP contribution in [0.1, 0.15) is 30.3 Å². The summed E-state index contributed by atoms with van der Waals surface area (Å²) in [4.78, 5) is 30.4. The Labute approximate surface area is 186 Å². The first-order valence-electron chi connectivity index (χ1n) is 10.0. The summed E-state index contributed by atoms with van der Waals surface area (Å²) in [6.07, 6.45) is 2.47. The Bertz CT molecular complexity index is 894. The predicted molar refractivity (Wildman–Crippen MR) is 121 cm³/mol. The van der Waals surface area contributed by atoms with Crippen molar-refractivity contribution in [3.05, 3.63) is 63.8 Å². The number of carbonyl (C=O) groups excluding carboxylic acids is 2. The molecule has 0 fully saturated rings. The van der Waals surface area contributed by atoms with Crippen LogP contribution >= 0.6 is 22.9 Å². The quantitative estimate of drug-likeness (QED) is 0.558. The normalized spacial score (nSPS) is 15.6. The van der Waals surface area contributed by atoms with Gasteiger partial charge < -0.3 is 14.5 Å². The zero-order valence-corrected chi connectivity index (χ0v) is 18.9. The van der Waals surface area contributed by atoms with Crippen molar-refractivity contribution in [1.29, 1.82) is 0 Å². The third-order valence-electron chi connectivity index (χ3n) is 5.12. The Morgan fingerprint density at radius 1 is 1.33 bits per heavy atom. The van der Waals surface area contributed by atoms with Gasteiger partial charge in [-0.2, -0.15) is 0 Å². The molecule has 0 bridgehead atoms. The first kappa shape index (κ1) is 22.4. The van der Waals surface area contributed by atoms with Gasteiger partial charge in [-0.15, -0.1) is 17.9 Å². The Kier molecular flexibility index (Phi) is 7.56. The number of thiophene rings is 1. The van der Waals surface area contributed by atoms with Crippen LogP contribution in [0.2, 0.25) is 5.02 Å². The van der Waals surface area contributed by atoms with Crippen LogP contribution in [-0.4, -0.2) is 47.9 Å². The van der Waals surface area contributed by atoms with E-state index in [-0.39, 0.29) is 30.3 Å². The van der Waals surface area contributed by atoms with Crippen LogP contribution in [0.3, 0.4) is 0 Å². The molecule has 0 saturated carbocycles. The smallest absolute Gasteiger partial charge is 0.242 e. The van der Waals surface area contributed by atoms with Gasteiger partial charge in [-0.1, -0.05) is 31.5 Å². The maximum atomic E-state index is 13.2. The van der Waals surface area contributed by atoms with Gasteiger partial charge in [0.15, 0.2) is 0 Å². The molecule has 0 saturated heterocycles. The number of nitrogens with zero attached hydrogens (tertiary/aromatic N) is 2. The van der Waals surface area contributed by atoms with Crippen molar-refractivity contribution in [1.82, 2.24) is 9.80 Å². The van der Waals surface area contributed by atoms with E-state index in [0.29, 0.717) is 30.5 Å². The minimum Gasteiger partial charge on any atom is -0.491 e. The van der Waals surface area contributed by atoms with Crippen LogP contribution in [0, 0.1) is 5.92 Å². The monoisotopic (exact) mass is 446 g/mol. The van der Waals surface area contributed by atoms with Gasteiger partial charge in [0, 0.05) is 28.9 Å². The van der Waals surface area contributed by atoms with Crippen LogP contribution in [0.5, 0.6) is 5.75 Å². The highest BCUT2D eigenvalue weighted by Crippen LogP contribution is 2.34. The van der Waals surface area contributed by atoms with E-state index in [2.05, 4.69) is 18.0 Å². The van der Waals surface area contributed by atoms with E-state index in [1.165, 1.54) is 4.88 Å². The molecule has 5 nitrogen and oxygen atoms in total. The number of amides is 2. The van der Waals surface area contributed by atoms with Crippen molar-refractivity contribution in [2.45, 2.75) is 26.3 Å². The van der Waals surface area contributed by atoms with Crippen molar-refractivity contribution in [2.75, 3.05) is 26.2 Å². The summed E-state index contributed by atoms with van der Waals surface area (Å²) < 4.78 is 6.00. The first-order chi connectivity index (χ1) is 14.4. The highest BCUT2D eigenvalue weighted by Gasteiger charge is 2.33. The average Bonchev–Trinajstić information content (AvgIpc) is 3.21. The fourth-order valence-electron chi connectivity index (χ4n) is 3.59. The van der Waals surface area contributed by atoms with Gasteiger partial charge in [-0.05, 0) is 47.7 Å². The van der Waals surface area contributed by atoms with Gasteiger partial charge in [0.2, 0.25) is 11.8 Å². The number of fused-ring (bicyclic) bond motifs is 1. The molecule has 3 rings (SSSR count). The lowest BCUT2D eigenvalue weighted by molar-refractivity contribution is -0.143. The molecule has 160 valence electrons. The second-order valence-electron chi connectivity index (χ2n) is 7.58. The van der Waals surface area contributed by atoms with E-state index in [4.69, 9.17) is 16.3 Å². The van der Waals surface area contributed by atoms with Gasteiger partial charge >= 0.3 is 0 Å². The van der Waals surface area contributed by atoms with Crippen LogP contribution in [-0.2, 0) is 16.0 Å². The molecule has 1 aromatic carbocycles. The number of hydrogen-bond acceptors (Lipinski definition) is 4. The molecular weight excluding hydrogens is 420 g/mol. The number of hydrogen-bond donors (Lipinski definition) is 0. The molecule has 0 N–H and O–H groups in total. The molecule has 2 aromatic rings. The molecule has 2 heterocycles. The molecule has 30 heavy (non-hydrogen) atoms. The van der Waals surface area contributed by atoms with Gasteiger partial charge in [0.05, 0.1) is 6.04 Å². The Hall–Kier alpha value is -2.31. The zero-order valence-electron chi connectivity index (χ0n) is 17.3. The van der Waals surface area contributed by atoms with E-state index >= 15 is 0 Å². The van der Waals surface area contributed by atoms with Crippen molar-refractivity contribution in [3.63, 3.8) is 0 Å². The average molecular weight is 447 g/mol. The molecule has 2 amide bonds. The third kappa shape index (κ3) is 5.24. The standard InChI is InChI=1S/C23H27ClN2O3S/c1-4-11-25(23(28)16(2)3)14-22(27)26-12-9-21-19(10-13-30-21)20(26)15-29-18-7-5-17(24)6-8-18/h4-8,10,13,16,20H,1,9,11-12,14-15H2,2-3H3/t20-/m1/s1. The molecule has 0 spiro atoms. The van der Waals surface area contributed by atoms with E-state index < -0.39 is 0 Å². The molecule has 0 aliphatic carbocycles. The van der Waals surface area contributed by atoms with E-state index in [9.17, 15) is 9.59 Å². The minimum atomic E-state index is -0.192. The largest absolute Gasteiger partial charge is 0.491 e. The van der Waals surface area contributed by atoms with Crippen molar-refractivity contribution >= 4 is 34.8 Å². The molecule has 0 unspecified atom stereocenters. The lowest BCUT2D eigenvalue weighted by atomic mass is 10.0. The number of halogens is 1. The van der Waals surface area contributed by atoms with Gasteiger partial charge in [0.1, 0.15) is 18.9 Å². The summed E-state index contributed by atoms with van der Waals surface area (Å²) in [6.45, 7) is 8.75. The molecular formula is C23H27ClN2O3S. The fraction of sp³-hybridized carbons (Fsp3) is 0.391. The topological polar surface area (TPSA) is 49.9 Å². The summed E-state index contributed by atoms with van der Waals surface area (Å²) >= 11 is 7.66. The molecule has 1 atom stereocenters. The summed E-state index contributed by atoms with van der Waals surface area (Å²) in [5.41, 5.74) is 1.12. The first-order valence-corrected chi connectivity index (χ1v) is 11.3. The molecule has 7 heteroatoms. The Morgan fingerprint density at radius 3 is 2.73 bits per heavy atom. The minimum absolute atomic E-state index is 0.0416. The van der Waals surface area contributed by atoms with Crippen LogP contribution < -0.4 is 4.74 Å². The molecule has 0 radical (unpaired) electrons. The number of benzene rings is 1. The molecule has 1 aliphatic rings. The molecule has 1 aliphatic heterocycles. The van der Waals surface area contributed by atoms with E-state index in [1.807, 2.05) is 30.9 Å². The maximum absolute atomic E-state index is 13.2. The van der Waals surface area contributed by atoms with Gasteiger partial charge in [-0.3, -0.25) is 9.59 Å². The number of ether oxygens (including phenoxy) is 1. The Balaban J connectivity index is 1.77. The van der Waals surface area contributed by atoms with Crippen molar-refractivity contribution < 1.29 is 14.3 Å². The van der Waals surface area contributed by atoms with Gasteiger partial charge in [0.25, 0.3) is 0 Å². The van der Waals surface area contributed by atoms with Crippen LogP contribution in [0.25, 0.3) is 0 Å². The highest BCUT2D eigenvalue weighted by molar-refractivity contribution is 7.10. The number of rotatable bonds is 8. The highest BCUT2D eigenvalue weighted by atomic mass is 35.5. The lowest BCUT2D eigenvalue weighted by Crippen LogP contribution is -2.48. The van der Waals surface area contributed by atoms with Crippen LogP contribution in [0.15, 0.2) is 48.4 Å². The zero-order chi connectivity index (χ0) is 21.7. The SMILES string of the molecule is C=CCN(CC(=O)N1CCc2sccc2[C@H]1COc1ccc(Cl)cc1)C(=O)C(C)C. The second kappa shape index (κ2) is 10.1. The van der Waals surface area contributed by atoms with E-state index in [1.54, 1.807) is 34.4 Å². The van der Waals surface area contributed by atoms with Crippen LogP contribution in [0.4, 0.5) is 0 Å². The lowest BCUT2D eigenvalue weighted by Gasteiger charge is -2.37. The maximum Gasteiger partial charge on any atom is 0.242 e. The Morgan fingerprint density at radius 2 is 2.07 bits per heavy atom. The number of carbonyl (C=O) groups is 2.